The van der Waals surface area contributed by atoms with Crippen LogP contribution in [0.5, 0.6) is 0 Å². The van der Waals surface area contributed by atoms with Crippen LogP contribution in [0.25, 0.3) is 0 Å². The first-order valence-corrected chi connectivity index (χ1v) is 9.40. The van der Waals surface area contributed by atoms with Gasteiger partial charge in [0.1, 0.15) is 18.0 Å². The van der Waals surface area contributed by atoms with Gasteiger partial charge >= 0.3 is 5.69 Å². The van der Waals surface area contributed by atoms with Gasteiger partial charge < -0.3 is 14.1 Å². The molecule has 0 aromatic carbocycles. The van der Waals surface area contributed by atoms with Gasteiger partial charge in [-0.2, -0.15) is 4.98 Å². The van der Waals surface area contributed by atoms with Crippen LogP contribution in [-0.4, -0.2) is 45.1 Å². The summed E-state index contributed by atoms with van der Waals surface area (Å²) in [5, 5.41) is 0. The summed E-state index contributed by atoms with van der Waals surface area (Å²) in [5.74, 6) is 1.85. The van der Waals surface area contributed by atoms with E-state index in [-0.39, 0.29) is 18.1 Å². The lowest BCUT2D eigenvalue weighted by molar-refractivity contribution is -0.133. The molecule has 0 N–H and O–H groups in total. The van der Waals surface area contributed by atoms with Gasteiger partial charge in [-0.05, 0) is 32.8 Å². The Hall–Kier alpha value is -2.48. The molecule has 2 aromatic heterocycles. The summed E-state index contributed by atoms with van der Waals surface area (Å²) in [6.07, 6.45) is 2.49. The lowest BCUT2D eigenvalue weighted by atomic mass is 10.0. The van der Waals surface area contributed by atoms with Gasteiger partial charge in [0.25, 0.3) is 0 Å². The first kappa shape index (κ1) is 17.9. The monoisotopic (exact) mass is 372 g/mol. The highest BCUT2D eigenvalue weighted by Crippen LogP contribution is 2.30. The third-order valence-corrected chi connectivity index (χ3v) is 5.31. The van der Waals surface area contributed by atoms with Gasteiger partial charge in [-0.3, -0.25) is 9.36 Å². The fourth-order valence-corrected chi connectivity index (χ4v) is 3.75. The molecule has 144 valence electrons. The molecule has 27 heavy (non-hydrogen) atoms. The van der Waals surface area contributed by atoms with Crippen LogP contribution in [0.1, 0.15) is 47.5 Å². The molecule has 1 saturated heterocycles. The standard InChI is InChI=1S/C19H24N4O4/c1-12-9-13(2)23(19(25)20-12)11-17(24)22-6-3-16-15(10-22)21-18(27-16)14-4-7-26-8-5-14/h9,14H,3-8,10-11H2,1-2H3. The first-order chi connectivity index (χ1) is 13.0. The Morgan fingerprint density at radius 1 is 1.26 bits per heavy atom. The third-order valence-electron chi connectivity index (χ3n) is 5.31. The zero-order chi connectivity index (χ0) is 19.0. The minimum atomic E-state index is -0.387. The lowest BCUT2D eigenvalue weighted by Crippen LogP contribution is -2.40. The van der Waals surface area contributed by atoms with Gasteiger partial charge in [0.2, 0.25) is 5.91 Å². The summed E-state index contributed by atoms with van der Waals surface area (Å²) in [5.41, 5.74) is 1.85. The molecule has 2 aliphatic rings. The van der Waals surface area contributed by atoms with Crippen molar-refractivity contribution in [1.82, 2.24) is 19.4 Å². The molecule has 0 unspecified atom stereocenters. The molecule has 0 atom stereocenters. The lowest BCUT2D eigenvalue weighted by Gasteiger charge is -2.26. The van der Waals surface area contributed by atoms with Crippen molar-refractivity contribution in [2.75, 3.05) is 19.8 Å². The van der Waals surface area contributed by atoms with E-state index in [0.717, 1.165) is 49.1 Å². The highest BCUT2D eigenvalue weighted by molar-refractivity contribution is 5.76. The number of oxazole rings is 1. The molecule has 0 bridgehead atoms. The Morgan fingerprint density at radius 3 is 2.78 bits per heavy atom. The van der Waals surface area contributed by atoms with Crippen molar-refractivity contribution in [2.45, 2.75) is 52.1 Å². The van der Waals surface area contributed by atoms with E-state index in [2.05, 4.69) is 9.97 Å². The van der Waals surface area contributed by atoms with E-state index in [1.165, 1.54) is 4.57 Å². The highest BCUT2D eigenvalue weighted by atomic mass is 16.5. The molecule has 8 heteroatoms. The number of ether oxygens (including phenoxy) is 1. The number of aromatic nitrogens is 3. The molecule has 0 saturated carbocycles. The molecule has 4 rings (SSSR count). The summed E-state index contributed by atoms with van der Waals surface area (Å²) in [6, 6.07) is 1.81. The zero-order valence-electron chi connectivity index (χ0n) is 15.7. The number of carbonyl (C=O) groups is 1. The number of hydrogen-bond acceptors (Lipinski definition) is 6. The fourth-order valence-electron chi connectivity index (χ4n) is 3.75. The SMILES string of the molecule is Cc1cc(C)n(CC(=O)N2CCc3oc(C4CCOCC4)nc3C2)c(=O)n1. The van der Waals surface area contributed by atoms with Crippen molar-refractivity contribution in [1.29, 1.82) is 0 Å². The summed E-state index contributed by atoms with van der Waals surface area (Å²) >= 11 is 0. The van der Waals surface area contributed by atoms with Crippen LogP contribution in [0, 0.1) is 13.8 Å². The minimum Gasteiger partial charge on any atom is -0.445 e. The van der Waals surface area contributed by atoms with Crippen molar-refractivity contribution in [3.05, 3.63) is 45.3 Å². The largest absolute Gasteiger partial charge is 0.445 e. The van der Waals surface area contributed by atoms with Gasteiger partial charge in [0.05, 0.1) is 6.54 Å². The number of fused-ring (bicyclic) bond motifs is 1. The molecule has 2 aromatic rings. The highest BCUT2D eigenvalue weighted by Gasteiger charge is 2.29. The number of hydrogen-bond donors (Lipinski definition) is 0. The summed E-state index contributed by atoms with van der Waals surface area (Å²) in [6.45, 7) is 6.05. The second kappa shape index (κ2) is 7.26. The van der Waals surface area contributed by atoms with Gasteiger partial charge in [-0.25, -0.2) is 9.78 Å². The van der Waals surface area contributed by atoms with Gasteiger partial charge in [-0.1, -0.05) is 0 Å². The van der Waals surface area contributed by atoms with Crippen molar-refractivity contribution in [2.24, 2.45) is 0 Å². The molecule has 1 fully saturated rings. The maximum absolute atomic E-state index is 12.7. The average Bonchev–Trinajstić information content (AvgIpc) is 3.08. The quantitative estimate of drug-likeness (QED) is 0.807. The van der Waals surface area contributed by atoms with E-state index in [1.54, 1.807) is 17.9 Å². The third kappa shape index (κ3) is 3.66. The second-order valence-electron chi connectivity index (χ2n) is 7.28. The first-order valence-electron chi connectivity index (χ1n) is 9.40. The minimum absolute atomic E-state index is 0.00203. The molecule has 8 nitrogen and oxygen atoms in total. The smallest absolute Gasteiger partial charge is 0.348 e. The van der Waals surface area contributed by atoms with E-state index in [9.17, 15) is 9.59 Å². The number of aryl methyl sites for hydroxylation is 2. The molecule has 0 aliphatic carbocycles. The van der Waals surface area contributed by atoms with E-state index in [4.69, 9.17) is 9.15 Å². The van der Waals surface area contributed by atoms with Crippen molar-refractivity contribution < 1.29 is 13.9 Å². The topological polar surface area (TPSA) is 90.5 Å². The van der Waals surface area contributed by atoms with Crippen LogP contribution in [0.2, 0.25) is 0 Å². The van der Waals surface area contributed by atoms with Crippen LogP contribution >= 0.6 is 0 Å². The van der Waals surface area contributed by atoms with Gasteiger partial charge in [-0.15, -0.1) is 0 Å². The van der Waals surface area contributed by atoms with E-state index < -0.39 is 0 Å². The number of carbonyl (C=O) groups excluding carboxylic acids is 1. The average molecular weight is 372 g/mol. The van der Waals surface area contributed by atoms with Crippen LogP contribution in [0.4, 0.5) is 0 Å². The molecule has 0 spiro atoms. The number of rotatable bonds is 3. The predicted molar refractivity (Wildman–Crippen MR) is 96.4 cm³/mol. The summed E-state index contributed by atoms with van der Waals surface area (Å²) < 4.78 is 12.8. The Bertz CT molecular complexity index is 911. The normalized spacial score (nSPS) is 17.8. The molecular formula is C19H24N4O4. The maximum Gasteiger partial charge on any atom is 0.348 e. The Balaban J connectivity index is 1.47. The van der Waals surface area contributed by atoms with Gasteiger partial charge in [0, 0.05) is 43.5 Å². The number of nitrogens with zero attached hydrogens (tertiary/aromatic N) is 4. The van der Waals surface area contributed by atoms with E-state index in [1.807, 2.05) is 6.92 Å². The van der Waals surface area contributed by atoms with Crippen LogP contribution < -0.4 is 5.69 Å². The Morgan fingerprint density at radius 2 is 2.04 bits per heavy atom. The van der Waals surface area contributed by atoms with Crippen molar-refractivity contribution in [3.63, 3.8) is 0 Å². The molecule has 0 radical (unpaired) electrons. The summed E-state index contributed by atoms with van der Waals surface area (Å²) in [7, 11) is 0. The Labute approximate surface area is 157 Å². The molecular weight excluding hydrogens is 348 g/mol. The fraction of sp³-hybridized carbons (Fsp3) is 0.579. The Kier molecular flexibility index (Phi) is 4.82. The molecule has 1 amide bonds. The maximum atomic E-state index is 12.7. The molecule has 2 aliphatic heterocycles. The van der Waals surface area contributed by atoms with E-state index >= 15 is 0 Å². The predicted octanol–water partition coefficient (Wildman–Crippen LogP) is 1.33. The van der Waals surface area contributed by atoms with Crippen molar-refractivity contribution >= 4 is 5.91 Å². The number of amides is 1. The molecule has 4 heterocycles. The summed E-state index contributed by atoms with van der Waals surface area (Å²) in [4.78, 5) is 35.2. The van der Waals surface area contributed by atoms with Crippen LogP contribution in [-0.2, 0) is 29.0 Å². The van der Waals surface area contributed by atoms with Crippen LogP contribution in [0.3, 0.4) is 0 Å². The second-order valence-corrected chi connectivity index (χ2v) is 7.28. The van der Waals surface area contributed by atoms with Crippen molar-refractivity contribution in [3.8, 4) is 0 Å². The van der Waals surface area contributed by atoms with Crippen LogP contribution in [0.15, 0.2) is 15.3 Å². The van der Waals surface area contributed by atoms with Gasteiger partial charge in [0.15, 0.2) is 5.89 Å². The zero-order valence-corrected chi connectivity index (χ0v) is 15.7. The van der Waals surface area contributed by atoms with E-state index in [0.29, 0.717) is 31.1 Å².